The lowest BCUT2D eigenvalue weighted by Crippen LogP contribution is -2.33. The van der Waals surface area contributed by atoms with E-state index in [4.69, 9.17) is 5.73 Å². The van der Waals surface area contributed by atoms with Crippen LogP contribution in [0, 0.1) is 0 Å². The summed E-state index contributed by atoms with van der Waals surface area (Å²) >= 11 is 0. The van der Waals surface area contributed by atoms with Gasteiger partial charge in [0.05, 0.1) is 6.54 Å². The zero-order valence-electron chi connectivity index (χ0n) is 15.5. The van der Waals surface area contributed by atoms with Gasteiger partial charge in [-0.05, 0) is 40.5 Å². The van der Waals surface area contributed by atoms with Crippen LogP contribution in [-0.4, -0.2) is 18.4 Å². The topological polar surface area (TPSA) is 84.2 Å². The molecule has 0 unspecified atom stereocenters. The van der Waals surface area contributed by atoms with Crippen LogP contribution >= 0.6 is 0 Å². The Balaban J connectivity index is 1.53. The zero-order valence-corrected chi connectivity index (χ0v) is 15.5. The summed E-state index contributed by atoms with van der Waals surface area (Å²) in [5.41, 5.74) is 10.2. The smallest absolute Gasteiger partial charge is 0.251 e. The zero-order chi connectivity index (χ0) is 19.8. The van der Waals surface area contributed by atoms with E-state index in [1.54, 1.807) is 12.1 Å². The summed E-state index contributed by atoms with van der Waals surface area (Å²) < 4.78 is 0. The molecule has 0 aliphatic heterocycles. The van der Waals surface area contributed by atoms with E-state index in [-0.39, 0.29) is 12.5 Å². The highest BCUT2D eigenvalue weighted by Crippen LogP contribution is 2.20. The number of benzene rings is 3. The average molecular weight is 373 g/mol. The van der Waals surface area contributed by atoms with Gasteiger partial charge in [0, 0.05) is 18.7 Å². The van der Waals surface area contributed by atoms with Crippen LogP contribution in [0.15, 0.2) is 78.9 Å². The minimum Gasteiger partial charge on any atom is -0.368 e. The lowest BCUT2D eigenvalue weighted by atomic mass is 10.0. The number of amides is 2. The van der Waals surface area contributed by atoms with E-state index in [0.717, 1.165) is 12.1 Å². The van der Waals surface area contributed by atoms with Crippen molar-refractivity contribution in [2.75, 3.05) is 6.54 Å². The molecule has 0 aromatic heterocycles. The highest BCUT2D eigenvalue weighted by Gasteiger charge is 2.06. The van der Waals surface area contributed by atoms with E-state index in [9.17, 15) is 9.59 Å². The second kappa shape index (κ2) is 9.48. The summed E-state index contributed by atoms with van der Waals surface area (Å²) in [6.45, 7) is 1.28. The van der Waals surface area contributed by atoms with Gasteiger partial charge in [-0.2, -0.15) is 0 Å². The van der Waals surface area contributed by atoms with Crippen LogP contribution in [0.3, 0.4) is 0 Å². The minimum atomic E-state index is -0.564. The number of hydrogen-bond donors (Lipinski definition) is 3. The number of rotatable bonds is 8. The first kappa shape index (κ1) is 19.3. The van der Waals surface area contributed by atoms with Gasteiger partial charge < -0.3 is 16.4 Å². The average Bonchev–Trinajstić information content (AvgIpc) is 2.73. The van der Waals surface area contributed by atoms with Crippen molar-refractivity contribution in [2.24, 2.45) is 5.73 Å². The predicted octanol–water partition coefficient (Wildman–Crippen LogP) is 2.86. The summed E-state index contributed by atoms with van der Waals surface area (Å²) in [5.74, 6) is -0.874. The molecule has 5 heteroatoms. The number of primary amides is 1. The van der Waals surface area contributed by atoms with Crippen LogP contribution in [-0.2, 0) is 17.9 Å². The number of hydrogen-bond acceptors (Lipinski definition) is 3. The SMILES string of the molecule is NC(=O)CNC(=O)c1ccc(CNCc2cccc(-c3ccccc3)c2)cc1. The van der Waals surface area contributed by atoms with Crippen molar-refractivity contribution in [1.29, 1.82) is 0 Å². The number of carbonyl (C=O) groups excluding carboxylic acids is 2. The number of nitrogens with two attached hydrogens (primary N) is 1. The van der Waals surface area contributed by atoms with Crippen LogP contribution in [0.2, 0.25) is 0 Å². The van der Waals surface area contributed by atoms with E-state index >= 15 is 0 Å². The molecule has 0 bridgehead atoms. The maximum absolute atomic E-state index is 11.9. The van der Waals surface area contributed by atoms with Gasteiger partial charge in [-0.1, -0.05) is 60.7 Å². The molecule has 4 N–H and O–H groups in total. The Bertz CT molecular complexity index is 938. The molecule has 0 spiro atoms. The van der Waals surface area contributed by atoms with Crippen LogP contribution in [0.25, 0.3) is 11.1 Å². The molecule has 0 aliphatic carbocycles. The molecule has 0 heterocycles. The highest BCUT2D eigenvalue weighted by molar-refractivity contribution is 5.96. The Morgan fingerprint density at radius 2 is 1.43 bits per heavy atom. The second-order valence-electron chi connectivity index (χ2n) is 6.52. The first-order valence-corrected chi connectivity index (χ1v) is 9.12. The summed E-state index contributed by atoms with van der Waals surface area (Å²) in [6.07, 6.45) is 0. The molecule has 0 atom stereocenters. The fraction of sp³-hybridized carbons (Fsp3) is 0.130. The van der Waals surface area contributed by atoms with Gasteiger partial charge in [-0.3, -0.25) is 9.59 Å². The van der Waals surface area contributed by atoms with Crippen LogP contribution in [0.5, 0.6) is 0 Å². The van der Waals surface area contributed by atoms with E-state index in [2.05, 4.69) is 47.0 Å². The molecular weight excluding hydrogens is 350 g/mol. The highest BCUT2D eigenvalue weighted by atomic mass is 16.2. The van der Waals surface area contributed by atoms with Gasteiger partial charge in [-0.25, -0.2) is 0 Å². The third-order valence-electron chi connectivity index (χ3n) is 4.33. The molecule has 0 aliphatic rings. The van der Waals surface area contributed by atoms with Crippen molar-refractivity contribution in [3.8, 4) is 11.1 Å². The molecular formula is C23H23N3O2. The monoisotopic (exact) mass is 373 g/mol. The van der Waals surface area contributed by atoms with Crippen molar-refractivity contribution in [1.82, 2.24) is 10.6 Å². The predicted molar refractivity (Wildman–Crippen MR) is 110 cm³/mol. The van der Waals surface area contributed by atoms with Gasteiger partial charge in [0.1, 0.15) is 0 Å². The summed E-state index contributed by atoms with van der Waals surface area (Å²) in [7, 11) is 0. The fourth-order valence-electron chi connectivity index (χ4n) is 2.89. The van der Waals surface area contributed by atoms with Gasteiger partial charge in [-0.15, -0.1) is 0 Å². The van der Waals surface area contributed by atoms with Crippen molar-refractivity contribution in [3.63, 3.8) is 0 Å². The van der Waals surface area contributed by atoms with E-state index < -0.39 is 5.91 Å². The minimum absolute atomic E-state index is 0.163. The molecule has 3 aromatic rings. The Morgan fingerprint density at radius 1 is 0.750 bits per heavy atom. The molecule has 0 fully saturated rings. The van der Waals surface area contributed by atoms with Crippen molar-refractivity contribution in [3.05, 3.63) is 95.6 Å². The number of carbonyl (C=O) groups is 2. The Labute approximate surface area is 164 Å². The molecule has 142 valence electrons. The second-order valence-corrected chi connectivity index (χ2v) is 6.52. The lowest BCUT2D eigenvalue weighted by molar-refractivity contribution is -0.117. The molecule has 3 aromatic carbocycles. The Morgan fingerprint density at radius 3 is 2.14 bits per heavy atom. The summed E-state index contributed by atoms with van der Waals surface area (Å²) in [4.78, 5) is 22.6. The largest absolute Gasteiger partial charge is 0.368 e. The summed E-state index contributed by atoms with van der Waals surface area (Å²) in [5, 5.41) is 5.90. The van der Waals surface area contributed by atoms with Crippen molar-refractivity contribution >= 4 is 11.8 Å². The molecule has 0 radical (unpaired) electrons. The molecule has 0 saturated carbocycles. The van der Waals surface area contributed by atoms with Gasteiger partial charge in [0.25, 0.3) is 5.91 Å². The summed E-state index contributed by atoms with van der Waals surface area (Å²) in [6, 6.07) is 26.0. The first-order chi connectivity index (χ1) is 13.6. The molecule has 3 rings (SSSR count). The van der Waals surface area contributed by atoms with Crippen LogP contribution in [0.1, 0.15) is 21.5 Å². The van der Waals surface area contributed by atoms with Crippen LogP contribution < -0.4 is 16.4 Å². The van der Waals surface area contributed by atoms with Crippen molar-refractivity contribution in [2.45, 2.75) is 13.1 Å². The Kier molecular flexibility index (Phi) is 6.54. The molecule has 28 heavy (non-hydrogen) atoms. The quantitative estimate of drug-likeness (QED) is 0.568. The van der Waals surface area contributed by atoms with E-state index in [0.29, 0.717) is 12.1 Å². The van der Waals surface area contributed by atoms with Gasteiger partial charge in [0.2, 0.25) is 5.91 Å². The molecule has 5 nitrogen and oxygen atoms in total. The van der Waals surface area contributed by atoms with Gasteiger partial charge in [0.15, 0.2) is 0 Å². The lowest BCUT2D eigenvalue weighted by Gasteiger charge is -2.08. The third-order valence-corrected chi connectivity index (χ3v) is 4.33. The number of nitrogens with one attached hydrogen (secondary N) is 2. The first-order valence-electron chi connectivity index (χ1n) is 9.12. The molecule has 0 saturated heterocycles. The fourth-order valence-corrected chi connectivity index (χ4v) is 2.89. The third kappa shape index (κ3) is 5.53. The van der Waals surface area contributed by atoms with E-state index in [1.165, 1.54) is 16.7 Å². The normalized spacial score (nSPS) is 10.4. The van der Waals surface area contributed by atoms with Gasteiger partial charge >= 0.3 is 0 Å². The van der Waals surface area contributed by atoms with Crippen molar-refractivity contribution < 1.29 is 9.59 Å². The standard InChI is InChI=1S/C23H23N3O2/c24-22(27)16-26-23(28)20-11-9-17(10-12-20)14-25-15-18-5-4-8-21(13-18)19-6-2-1-3-7-19/h1-13,25H,14-16H2,(H2,24,27)(H,26,28). The maximum Gasteiger partial charge on any atom is 0.251 e. The molecule has 2 amide bonds. The Hall–Kier alpha value is -3.44. The van der Waals surface area contributed by atoms with E-state index in [1.807, 2.05) is 30.3 Å². The maximum atomic E-state index is 11.9. The van der Waals surface area contributed by atoms with Crippen LogP contribution in [0.4, 0.5) is 0 Å².